The summed E-state index contributed by atoms with van der Waals surface area (Å²) in [6.45, 7) is 0.764. The molecule has 0 aliphatic heterocycles. The van der Waals surface area contributed by atoms with Crippen molar-refractivity contribution in [3.63, 3.8) is 0 Å². The Morgan fingerprint density at radius 3 is 1.53 bits per heavy atom. The van der Waals surface area contributed by atoms with Crippen LogP contribution < -0.4 is 38.5 Å². The van der Waals surface area contributed by atoms with Gasteiger partial charge in [0.25, 0.3) is 0 Å². The summed E-state index contributed by atoms with van der Waals surface area (Å²) in [5, 5.41) is 22.8. The van der Waals surface area contributed by atoms with E-state index in [0.717, 1.165) is 38.5 Å². The minimum atomic E-state index is -1.22. The van der Waals surface area contributed by atoms with E-state index in [0.29, 0.717) is 38.8 Å². The Labute approximate surface area is 337 Å². The maximum atomic E-state index is 14.4. The number of hydrogen-bond donors (Lipinski definition) is 10. The van der Waals surface area contributed by atoms with Crippen LogP contribution in [0.1, 0.15) is 55.2 Å². The number of hydrogen-bond acceptors (Lipinski definition) is 8. The van der Waals surface area contributed by atoms with Crippen molar-refractivity contribution in [2.24, 2.45) is 17.2 Å². The minimum Gasteiger partial charge on any atom is -0.480 e. The highest BCUT2D eigenvalue weighted by atomic mass is 16.4. The van der Waals surface area contributed by atoms with Gasteiger partial charge in [0, 0.05) is 47.0 Å². The number of carbonyl (C=O) groups is 5. The zero-order valence-electron chi connectivity index (χ0n) is 32.5. The summed E-state index contributed by atoms with van der Waals surface area (Å²) in [5.41, 5.74) is 21.8. The Morgan fingerprint density at radius 1 is 0.534 bits per heavy atom. The quantitative estimate of drug-likeness (QED) is 0.0435. The second-order valence-electron chi connectivity index (χ2n) is 14.6. The van der Waals surface area contributed by atoms with Crippen LogP contribution in [0.3, 0.4) is 0 Å². The fourth-order valence-corrected chi connectivity index (χ4v) is 7.03. The van der Waals surface area contributed by atoms with Gasteiger partial charge in [-0.3, -0.25) is 19.2 Å². The van der Waals surface area contributed by atoms with Gasteiger partial charge in [-0.25, -0.2) is 4.79 Å². The molecule has 4 amide bonds. The summed E-state index contributed by atoms with van der Waals surface area (Å²) in [5.74, 6) is -3.71. The lowest BCUT2D eigenvalue weighted by molar-refractivity contribution is -0.142. The number of nitrogens with one attached hydrogen (secondary N) is 6. The Morgan fingerprint density at radius 2 is 0.983 bits per heavy atom. The van der Waals surface area contributed by atoms with Crippen molar-refractivity contribution >= 4 is 51.4 Å². The molecule has 0 spiro atoms. The van der Waals surface area contributed by atoms with Gasteiger partial charge in [-0.15, -0.1) is 0 Å². The first-order chi connectivity index (χ1) is 28.1. The van der Waals surface area contributed by atoms with Crippen molar-refractivity contribution < 1.29 is 29.1 Å². The first-order valence-corrected chi connectivity index (χ1v) is 19.8. The third-order valence-electron chi connectivity index (χ3n) is 10.2. The summed E-state index contributed by atoms with van der Waals surface area (Å²) in [4.78, 5) is 74.5. The third kappa shape index (κ3) is 12.0. The third-order valence-corrected chi connectivity index (χ3v) is 10.2. The number of benzene rings is 3. The molecule has 0 aliphatic rings. The molecule has 5 atom stereocenters. The van der Waals surface area contributed by atoms with Gasteiger partial charge in [-0.05, 0) is 86.9 Å². The molecule has 5 rings (SSSR count). The van der Waals surface area contributed by atoms with Gasteiger partial charge in [0.2, 0.25) is 23.6 Å². The highest BCUT2D eigenvalue weighted by Crippen LogP contribution is 2.21. The molecule has 15 heteroatoms. The number of rotatable bonds is 23. The zero-order chi connectivity index (χ0) is 41.4. The molecule has 0 unspecified atom stereocenters. The molecule has 2 heterocycles. The van der Waals surface area contributed by atoms with Crippen LogP contribution in [0.15, 0.2) is 91.3 Å². The van der Waals surface area contributed by atoms with Gasteiger partial charge in [0.15, 0.2) is 0 Å². The van der Waals surface area contributed by atoms with E-state index in [1.165, 1.54) is 0 Å². The number of carboxylic acids is 1. The molecule has 0 saturated carbocycles. The van der Waals surface area contributed by atoms with E-state index in [1.54, 1.807) is 30.5 Å². The van der Waals surface area contributed by atoms with E-state index in [4.69, 9.17) is 17.2 Å². The smallest absolute Gasteiger partial charge is 0.326 e. The van der Waals surface area contributed by atoms with Crippen LogP contribution in [0.4, 0.5) is 0 Å². The predicted molar refractivity (Wildman–Crippen MR) is 223 cm³/mol. The van der Waals surface area contributed by atoms with E-state index >= 15 is 0 Å². The van der Waals surface area contributed by atoms with Gasteiger partial charge in [-0.2, -0.15) is 0 Å². The average Bonchev–Trinajstić information content (AvgIpc) is 3.83. The Balaban J connectivity index is 1.39. The van der Waals surface area contributed by atoms with E-state index in [9.17, 15) is 29.1 Å². The standard InChI is InChI=1S/C43H55N9O6/c44-20-10-8-18-35(49-39(53)32(46)23-28-25-47-33-16-6-4-14-30(28)33)40(54)52-38(24-29-26-48-34-17-7-5-15-31(29)34)42(56)51-37(22-27-12-2-1-3-13-27)41(55)50-36(43(57)58)19-9-11-21-45/h1-7,12-17,25-26,32,35-38,47-48H,8-11,18-24,44-46H2,(H,49,53)(H,50,55)(H,51,56)(H,52,54)(H,57,58)/t32-,35+,36-,37+,38-/m0/s1. The van der Waals surface area contributed by atoms with Crippen molar-refractivity contribution in [3.8, 4) is 0 Å². The molecule has 15 nitrogen and oxygen atoms in total. The van der Waals surface area contributed by atoms with E-state index < -0.39 is 59.8 Å². The molecule has 3 aromatic carbocycles. The SMILES string of the molecule is NCCCC[C@H](NC(=O)[C@@H](Cc1ccccc1)NC(=O)[C@H](Cc1c[nH]c2ccccc12)NC(=O)[C@@H](CCCCN)NC(=O)[C@@H](N)Cc1c[nH]c2ccccc12)C(=O)O. The first-order valence-electron chi connectivity index (χ1n) is 19.8. The lowest BCUT2D eigenvalue weighted by Gasteiger charge is -2.27. The lowest BCUT2D eigenvalue weighted by atomic mass is 10.0. The predicted octanol–water partition coefficient (Wildman–Crippen LogP) is 2.29. The highest BCUT2D eigenvalue weighted by molar-refractivity contribution is 5.96. The number of unbranched alkanes of at least 4 members (excludes halogenated alkanes) is 2. The number of aromatic amines is 2. The molecule has 0 aliphatic carbocycles. The molecule has 0 saturated heterocycles. The number of aliphatic carboxylic acids is 1. The normalized spacial score (nSPS) is 13.9. The molecular weight excluding hydrogens is 739 g/mol. The van der Waals surface area contributed by atoms with E-state index in [-0.39, 0.29) is 32.1 Å². The molecule has 0 fully saturated rings. The fraction of sp³-hybridized carbons (Fsp3) is 0.372. The molecule has 308 valence electrons. The number of H-pyrrole nitrogens is 2. The van der Waals surface area contributed by atoms with Gasteiger partial charge in [-0.1, -0.05) is 66.7 Å². The van der Waals surface area contributed by atoms with Crippen molar-refractivity contribution in [2.45, 2.75) is 88.0 Å². The lowest BCUT2D eigenvalue weighted by Crippen LogP contribution is -2.59. The second-order valence-corrected chi connectivity index (χ2v) is 14.6. The number of amides is 4. The van der Waals surface area contributed by atoms with Crippen molar-refractivity contribution in [1.29, 1.82) is 0 Å². The van der Waals surface area contributed by atoms with Crippen LogP contribution in [0.25, 0.3) is 21.8 Å². The Bertz CT molecular complexity index is 2130. The maximum Gasteiger partial charge on any atom is 0.326 e. The zero-order valence-corrected chi connectivity index (χ0v) is 32.5. The number of carboxylic acid groups (broad SMARTS) is 1. The molecule has 13 N–H and O–H groups in total. The van der Waals surface area contributed by atoms with Crippen LogP contribution >= 0.6 is 0 Å². The average molecular weight is 794 g/mol. The first kappa shape index (κ1) is 43.1. The summed E-state index contributed by atoms with van der Waals surface area (Å²) in [7, 11) is 0. The van der Waals surface area contributed by atoms with E-state index in [1.807, 2.05) is 60.8 Å². The van der Waals surface area contributed by atoms with Gasteiger partial charge in [0.05, 0.1) is 6.04 Å². The Hall–Kier alpha value is -6.03. The van der Waals surface area contributed by atoms with Crippen LogP contribution in [-0.2, 0) is 43.2 Å². The number of fused-ring (bicyclic) bond motifs is 2. The van der Waals surface area contributed by atoms with Crippen molar-refractivity contribution in [2.75, 3.05) is 13.1 Å². The number of carbonyl (C=O) groups excluding carboxylic acids is 4. The number of nitrogens with two attached hydrogens (primary N) is 3. The summed E-state index contributed by atoms with van der Waals surface area (Å²) < 4.78 is 0. The summed E-state index contributed by atoms with van der Waals surface area (Å²) >= 11 is 0. The van der Waals surface area contributed by atoms with E-state index in [2.05, 4.69) is 31.2 Å². The maximum absolute atomic E-state index is 14.4. The topological polar surface area (TPSA) is 263 Å². The van der Waals surface area contributed by atoms with Crippen molar-refractivity contribution in [3.05, 3.63) is 108 Å². The van der Waals surface area contributed by atoms with Crippen LogP contribution in [0.2, 0.25) is 0 Å². The van der Waals surface area contributed by atoms with Crippen LogP contribution in [0, 0.1) is 0 Å². The van der Waals surface area contributed by atoms with Gasteiger partial charge in [0.1, 0.15) is 24.2 Å². The van der Waals surface area contributed by atoms with Crippen molar-refractivity contribution in [1.82, 2.24) is 31.2 Å². The molecule has 58 heavy (non-hydrogen) atoms. The molecule has 2 aromatic heterocycles. The fourth-order valence-electron chi connectivity index (χ4n) is 7.03. The summed E-state index contributed by atoms with van der Waals surface area (Å²) in [6.07, 6.45) is 6.44. The largest absolute Gasteiger partial charge is 0.480 e. The number of aromatic nitrogens is 2. The second kappa shape index (κ2) is 21.5. The molecule has 5 aromatic rings. The van der Waals surface area contributed by atoms with Crippen LogP contribution in [0.5, 0.6) is 0 Å². The van der Waals surface area contributed by atoms with Crippen LogP contribution in [-0.4, -0.2) is 88.0 Å². The monoisotopic (exact) mass is 793 g/mol. The number of para-hydroxylation sites is 2. The van der Waals surface area contributed by atoms with Gasteiger partial charge < -0.3 is 53.5 Å². The highest BCUT2D eigenvalue weighted by Gasteiger charge is 2.32. The molecular formula is C43H55N9O6. The van der Waals surface area contributed by atoms with Gasteiger partial charge >= 0.3 is 5.97 Å². The summed E-state index contributed by atoms with van der Waals surface area (Å²) in [6, 6.07) is 18.6. The molecule has 0 radical (unpaired) electrons. The molecule has 0 bridgehead atoms. The minimum absolute atomic E-state index is 0.0294. The Kier molecular flexibility index (Phi) is 16.0.